The number of esters is 2. The summed E-state index contributed by atoms with van der Waals surface area (Å²) in [7, 11) is 1.58. The van der Waals surface area contributed by atoms with Gasteiger partial charge in [0.2, 0.25) is 0 Å². The fraction of sp³-hybridized carbons (Fsp3) is 0.444. The molecule has 1 unspecified atom stereocenters. The van der Waals surface area contributed by atoms with Crippen molar-refractivity contribution in [1.82, 2.24) is 4.90 Å². The van der Waals surface area contributed by atoms with Crippen LogP contribution in [0.1, 0.15) is 37.8 Å². The molecule has 35 heavy (non-hydrogen) atoms. The number of rotatable bonds is 9. The third kappa shape index (κ3) is 5.93. The number of ether oxygens (including phenoxy) is 4. The summed E-state index contributed by atoms with van der Waals surface area (Å²) in [4.78, 5) is 41.5. The van der Waals surface area contributed by atoms with Crippen LogP contribution in [-0.2, 0) is 36.8 Å². The predicted molar refractivity (Wildman–Crippen MR) is 129 cm³/mol. The van der Waals surface area contributed by atoms with E-state index in [1.165, 1.54) is 4.90 Å². The standard InChI is InChI=1S/C27H33NO7/c1-4-33-24(29)27(25(30)34-5-2)16-9-17-28(26(31)35-19-21-10-7-6-8-11-21)23(27)18-20-12-14-22(32-3)15-13-20/h6-8,10-15,23H,4-5,9,16-19H2,1-3H3. The van der Waals surface area contributed by atoms with Gasteiger partial charge in [-0.3, -0.25) is 9.59 Å². The Labute approximate surface area is 206 Å². The molecular weight excluding hydrogens is 450 g/mol. The first-order valence-electron chi connectivity index (χ1n) is 11.9. The van der Waals surface area contributed by atoms with Crippen LogP contribution in [0.2, 0.25) is 0 Å². The molecule has 8 heteroatoms. The van der Waals surface area contributed by atoms with Gasteiger partial charge in [0.05, 0.1) is 26.4 Å². The summed E-state index contributed by atoms with van der Waals surface area (Å²) in [5.41, 5.74) is 0.0128. The van der Waals surface area contributed by atoms with Gasteiger partial charge in [-0.05, 0) is 56.4 Å². The van der Waals surface area contributed by atoms with Crippen LogP contribution in [0.3, 0.4) is 0 Å². The molecule has 0 radical (unpaired) electrons. The van der Waals surface area contributed by atoms with Gasteiger partial charge in [-0.25, -0.2) is 4.79 Å². The molecule has 1 amide bonds. The lowest BCUT2D eigenvalue weighted by Gasteiger charge is -2.45. The number of carbonyl (C=O) groups excluding carboxylic acids is 3. The highest BCUT2D eigenvalue weighted by molar-refractivity contribution is 6.01. The number of amides is 1. The van der Waals surface area contributed by atoms with Gasteiger partial charge in [-0.1, -0.05) is 42.5 Å². The number of nitrogens with zero attached hydrogens (tertiary/aromatic N) is 1. The lowest BCUT2D eigenvalue weighted by Crippen LogP contribution is -2.62. The lowest BCUT2D eigenvalue weighted by molar-refractivity contribution is -0.181. The van der Waals surface area contributed by atoms with Crippen LogP contribution < -0.4 is 4.74 Å². The van der Waals surface area contributed by atoms with Crippen LogP contribution >= 0.6 is 0 Å². The minimum atomic E-state index is -1.66. The molecule has 0 N–H and O–H groups in total. The van der Waals surface area contributed by atoms with E-state index in [2.05, 4.69) is 0 Å². The van der Waals surface area contributed by atoms with Gasteiger partial charge < -0.3 is 23.8 Å². The molecule has 0 spiro atoms. The Morgan fingerprint density at radius 3 is 2.09 bits per heavy atom. The van der Waals surface area contributed by atoms with E-state index in [0.717, 1.165) is 11.1 Å². The summed E-state index contributed by atoms with van der Waals surface area (Å²) < 4.78 is 21.6. The van der Waals surface area contributed by atoms with E-state index >= 15 is 0 Å². The second-order valence-corrected chi connectivity index (χ2v) is 8.32. The van der Waals surface area contributed by atoms with E-state index in [-0.39, 0.29) is 32.7 Å². The smallest absolute Gasteiger partial charge is 0.410 e. The van der Waals surface area contributed by atoms with Crippen LogP contribution in [0.15, 0.2) is 54.6 Å². The van der Waals surface area contributed by atoms with Gasteiger partial charge in [0.25, 0.3) is 0 Å². The number of methoxy groups -OCH3 is 1. The van der Waals surface area contributed by atoms with Crippen molar-refractivity contribution in [1.29, 1.82) is 0 Å². The second kappa shape index (κ2) is 12.2. The first-order valence-corrected chi connectivity index (χ1v) is 11.9. The zero-order valence-electron chi connectivity index (χ0n) is 20.5. The summed E-state index contributed by atoms with van der Waals surface area (Å²) in [5.74, 6) is -0.686. The SMILES string of the molecule is CCOC(=O)C1(C(=O)OCC)CCCN(C(=O)OCc2ccccc2)C1Cc1ccc(OC)cc1. The second-order valence-electron chi connectivity index (χ2n) is 8.32. The predicted octanol–water partition coefficient (Wildman–Crippen LogP) is 4.15. The van der Waals surface area contributed by atoms with Crippen LogP contribution in [0.4, 0.5) is 4.79 Å². The van der Waals surface area contributed by atoms with E-state index in [0.29, 0.717) is 18.7 Å². The largest absolute Gasteiger partial charge is 0.497 e. The van der Waals surface area contributed by atoms with Crippen LogP contribution in [0.5, 0.6) is 5.75 Å². The Kier molecular flexibility index (Phi) is 9.11. The average molecular weight is 484 g/mol. The molecule has 0 aliphatic carbocycles. The maximum absolute atomic E-state index is 13.4. The normalized spacial score (nSPS) is 16.8. The van der Waals surface area contributed by atoms with Gasteiger partial charge in [0.15, 0.2) is 5.41 Å². The number of benzene rings is 2. The van der Waals surface area contributed by atoms with Crippen LogP contribution in [0, 0.1) is 5.41 Å². The number of piperidine rings is 1. The Morgan fingerprint density at radius 1 is 0.886 bits per heavy atom. The average Bonchev–Trinajstić information content (AvgIpc) is 2.88. The van der Waals surface area contributed by atoms with Crippen molar-refractivity contribution in [2.75, 3.05) is 26.9 Å². The van der Waals surface area contributed by atoms with E-state index in [9.17, 15) is 14.4 Å². The van der Waals surface area contributed by atoms with E-state index in [1.807, 2.05) is 42.5 Å². The highest BCUT2D eigenvalue weighted by atomic mass is 16.6. The quantitative estimate of drug-likeness (QED) is 0.301. The molecular formula is C27H33NO7. The van der Waals surface area contributed by atoms with Crippen molar-refractivity contribution >= 4 is 18.0 Å². The molecule has 1 aliphatic heterocycles. The van der Waals surface area contributed by atoms with E-state index in [1.54, 1.807) is 33.1 Å². The molecule has 2 aromatic carbocycles. The fourth-order valence-corrected chi connectivity index (χ4v) is 4.49. The summed E-state index contributed by atoms with van der Waals surface area (Å²) in [6.45, 7) is 4.00. The zero-order chi connectivity index (χ0) is 25.3. The number of carbonyl (C=O) groups is 3. The first-order chi connectivity index (χ1) is 17.0. The molecule has 8 nitrogen and oxygen atoms in total. The van der Waals surface area contributed by atoms with Gasteiger partial charge in [-0.15, -0.1) is 0 Å². The molecule has 0 aromatic heterocycles. The van der Waals surface area contributed by atoms with Crippen molar-refractivity contribution in [3.63, 3.8) is 0 Å². The van der Waals surface area contributed by atoms with Crippen molar-refractivity contribution in [2.45, 2.75) is 45.8 Å². The molecule has 3 rings (SSSR count). The minimum Gasteiger partial charge on any atom is -0.497 e. The van der Waals surface area contributed by atoms with Crippen molar-refractivity contribution in [2.24, 2.45) is 5.41 Å². The molecule has 1 saturated heterocycles. The van der Waals surface area contributed by atoms with Crippen molar-refractivity contribution < 1.29 is 33.3 Å². The number of likely N-dealkylation sites (tertiary alicyclic amines) is 1. The van der Waals surface area contributed by atoms with Gasteiger partial charge >= 0.3 is 18.0 Å². The number of hydrogen-bond acceptors (Lipinski definition) is 7. The van der Waals surface area contributed by atoms with Gasteiger partial charge in [0, 0.05) is 6.54 Å². The highest BCUT2D eigenvalue weighted by Gasteiger charge is 2.59. The summed E-state index contributed by atoms with van der Waals surface area (Å²) in [6.07, 6.45) is 0.290. The van der Waals surface area contributed by atoms with Gasteiger partial charge in [0.1, 0.15) is 12.4 Å². The third-order valence-electron chi connectivity index (χ3n) is 6.22. The summed E-state index contributed by atoms with van der Waals surface area (Å²) in [5, 5.41) is 0. The number of hydrogen-bond donors (Lipinski definition) is 0. The van der Waals surface area contributed by atoms with Crippen molar-refractivity contribution in [3.05, 3.63) is 65.7 Å². The monoisotopic (exact) mass is 483 g/mol. The zero-order valence-corrected chi connectivity index (χ0v) is 20.5. The van der Waals surface area contributed by atoms with Gasteiger partial charge in [-0.2, -0.15) is 0 Å². The fourth-order valence-electron chi connectivity index (χ4n) is 4.49. The molecule has 2 aromatic rings. The molecule has 1 atom stereocenters. The van der Waals surface area contributed by atoms with Crippen LogP contribution in [-0.4, -0.2) is 55.8 Å². The topological polar surface area (TPSA) is 91.4 Å². The van der Waals surface area contributed by atoms with E-state index < -0.39 is 29.5 Å². The van der Waals surface area contributed by atoms with E-state index in [4.69, 9.17) is 18.9 Å². The highest BCUT2D eigenvalue weighted by Crippen LogP contribution is 2.41. The van der Waals surface area contributed by atoms with Crippen LogP contribution in [0.25, 0.3) is 0 Å². The Balaban J connectivity index is 1.98. The summed E-state index contributed by atoms with van der Waals surface area (Å²) in [6, 6.07) is 15.8. The maximum Gasteiger partial charge on any atom is 0.410 e. The maximum atomic E-state index is 13.4. The Hall–Kier alpha value is -3.55. The Bertz CT molecular complexity index is 972. The lowest BCUT2D eigenvalue weighted by atomic mass is 9.70. The molecule has 1 fully saturated rings. The molecule has 0 bridgehead atoms. The van der Waals surface area contributed by atoms with Crippen molar-refractivity contribution in [3.8, 4) is 5.75 Å². The molecule has 1 heterocycles. The summed E-state index contributed by atoms with van der Waals surface area (Å²) >= 11 is 0. The Morgan fingerprint density at radius 2 is 1.51 bits per heavy atom. The first kappa shape index (κ1) is 26.1. The molecule has 1 aliphatic rings. The minimum absolute atomic E-state index is 0.0806. The molecule has 0 saturated carbocycles. The third-order valence-corrected chi connectivity index (χ3v) is 6.22. The molecule has 188 valence electrons.